The summed E-state index contributed by atoms with van der Waals surface area (Å²) in [7, 11) is 0. The summed E-state index contributed by atoms with van der Waals surface area (Å²) in [6, 6.07) is 8.90. The summed E-state index contributed by atoms with van der Waals surface area (Å²) in [5.41, 5.74) is 0.581. The lowest BCUT2D eigenvalue weighted by Crippen LogP contribution is -2.52. The van der Waals surface area contributed by atoms with Crippen molar-refractivity contribution >= 4 is 5.91 Å². The Morgan fingerprint density at radius 3 is 2.30 bits per heavy atom. The normalized spacial score (nSPS) is 16.9. The number of carbonyl (C=O) groups excluding carboxylic acids is 1. The predicted octanol–water partition coefficient (Wildman–Crippen LogP) is 2.13. The lowest BCUT2D eigenvalue weighted by molar-refractivity contribution is -0.139. The zero-order valence-corrected chi connectivity index (χ0v) is 14.2. The molecule has 0 bridgehead atoms. The second-order valence-corrected chi connectivity index (χ2v) is 6.42. The number of piperazine rings is 1. The van der Waals surface area contributed by atoms with E-state index >= 15 is 0 Å². The van der Waals surface area contributed by atoms with Crippen LogP contribution in [0.1, 0.15) is 26.3 Å². The van der Waals surface area contributed by atoms with E-state index in [4.69, 9.17) is 10.00 Å². The zero-order valence-electron chi connectivity index (χ0n) is 14.2. The molecular formula is C18H25N3O2. The first-order valence-corrected chi connectivity index (χ1v) is 8.17. The van der Waals surface area contributed by atoms with E-state index in [0.717, 1.165) is 32.7 Å². The molecule has 5 heteroatoms. The highest BCUT2D eigenvalue weighted by Gasteiger charge is 2.26. The Morgan fingerprint density at radius 2 is 1.78 bits per heavy atom. The maximum absolute atomic E-state index is 12.5. The SMILES string of the molecule is CC(C)CN1CCN(C(=O)C(C)Oc2ccc(C#N)cc2)CC1. The van der Waals surface area contributed by atoms with Gasteiger partial charge in [0.1, 0.15) is 5.75 Å². The minimum Gasteiger partial charge on any atom is -0.481 e. The molecule has 1 heterocycles. The molecule has 0 saturated carbocycles. The minimum absolute atomic E-state index is 0.0264. The van der Waals surface area contributed by atoms with Gasteiger partial charge >= 0.3 is 0 Å². The molecular weight excluding hydrogens is 290 g/mol. The topological polar surface area (TPSA) is 56.6 Å². The van der Waals surface area contributed by atoms with E-state index in [-0.39, 0.29) is 5.91 Å². The molecule has 1 aromatic rings. The average molecular weight is 315 g/mol. The molecule has 0 spiro atoms. The first-order chi connectivity index (χ1) is 11.0. The summed E-state index contributed by atoms with van der Waals surface area (Å²) in [6.45, 7) is 10.6. The number of benzene rings is 1. The van der Waals surface area contributed by atoms with Crippen molar-refractivity contribution in [2.75, 3.05) is 32.7 Å². The van der Waals surface area contributed by atoms with Gasteiger partial charge in [0, 0.05) is 32.7 Å². The van der Waals surface area contributed by atoms with Crippen molar-refractivity contribution in [1.82, 2.24) is 9.80 Å². The Labute approximate surface area is 138 Å². The second-order valence-electron chi connectivity index (χ2n) is 6.42. The van der Waals surface area contributed by atoms with Gasteiger partial charge in [-0.3, -0.25) is 9.69 Å². The van der Waals surface area contributed by atoms with Gasteiger partial charge in [0.05, 0.1) is 11.6 Å². The lowest BCUT2D eigenvalue weighted by atomic mass is 10.2. The van der Waals surface area contributed by atoms with Gasteiger partial charge in [0.25, 0.3) is 5.91 Å². The predicted molar refractivity (Wildman–Crippen MR) is 89.1 cm³/mol. The van der Waals surface area contributed by atoms with Crippen molar-refractivity contribution in [2.45, 2.75) is 26.9 Å². The van der Waals surface area contributed by atoms with Crippen molar-refractivity contribution in [2.24, 2.45) is 5.92 Å². The molecule has 1 aromatic carbocycles. The molecule has 0 N–H and O–H groups in total. The van der Waals surface area contributed by atoms with Crippen LogP contribution in [-0.2, 0) is 4.79 Å². The summed E-state index contributed by atoms with van der Waals surface area (Å²) >= 11 is 0. The number of rotatable bonds is 5. The Morgan fingerprint density at radius 1 is 1.17 bits per heavy atom. The van der Waals surface area contributed by atoms with Crippen LogP contribution in [0.5, 0.6) is 5.75 Å². The van der Waals surface area contributed by atoms with Crippen molar-refractivity contribution in [3.8, 4) is 11.8 Å². The van der Waals surface area contributed by atoms with Crippen molar-refractivity contribution in [1.29, 1.82) is 5.26 Å². The number of hydrogen-bond acceptors (Lipinski definition) is 4. The Kier molecular flexibility index (Phi) is 6.00. The van der Waals surface area contributed by atoms with Gasteiger partial charge in [0.15, 0.2) is 6.10 Å². The minimum atomic E-state index is -0.514. The molecule has 1 fully saturated rings. The molecule has 1 saturated heterocycles. The fraction of sp³-hybridized carbons (Fsp3) is 0.556. The van der Waals surface area contributed by atoms with E-state index < -0.39 is 6.10 Å². The Balaban J connectivity index is 1.84. The van der Waals surface area contributed by atoms with Crippen molar-refractivity contribution in [3.05, 3.63) is 29.8 Å². The van der Waals surface area contributed by atoms with Crippen LogP contribution in [0.4, 0.5) is 0 Å². The van der Waals surface area contributed by atoms with Crippen LogP contribution in [0.2, 0.25) is 0 Å². The molecule has 0 aliphatic carbocycles. The molecule has 1 amide bonds. The van der Waals surface area contributed by atoms with Gasteiger partial charge in [-0.1, -0.05) is 13.8 Å². The maximum atomic E-state index is 12.5. The maximum Gasteiger partial charge on any atom is 0.263 e. The summed E-state index contributed by atoms with van der Waals surface area (Å²) < 4.78 is 5.71. The molecule has 23 heavy (non-hydrogen) atoms. The Bertz CT molecular complexity index is 555. The van der Waals surface area contributed by atoms with Gasteiger partial charge in [0.2, 0.25) is 0 Å². The number of amides is 1. The van der Waals surface area contributed by atoms with Crippen LogP contribution < -0.4 is 4.74 Å². The van der Waals surface area contributed by atoms with Crippen molar-refractivity contribution < 1.29 is 9.53 Å². The van der Waals surface area contributed by atoms with Crippen molar-refractivity contribution in [3.63, 3.8) is 0 Å². The number of hydrogen-bond donors (Lipinski definition) is 0. The van der Waals surface area contributed by atoms with Crippen LogP contribution in [0.3, 0.4) is 0 Å². The van der Waals surface area contributed by atoms with Crippen LogP contribution in [-0.4, -0.2) is 54.5 Å². The summed E-state index contributed by atoms with van der Waals surface area (Å²) in [5.74, 6) is 1.29. The average Bonchev–Trinajstić information content (AvgIpc) is 2.55. The number of nitrogens with zero attached hydrogens (tertiary/aromatic N) is 3. The van der Waals surface area contributed by atoms with Gasteiger partial charge in [-0.2, -0.15) is 5.26 Å². The number of ether oxygens (including phenoxy) is 1. The molecule has 0 aromatic heterocycles. The van der Waals surface area contributed by atoms with Gasteiger partial charge in [-0.15, -0.1) is 0 Å². The highest BCUT2D eigenvalue weighted by atomic mass is 16.5. The van der Waals surface area contributed by atoms with E-state index in [1.54, 1.807) is 31.2 Å². The highest BCUT2D eigenvalue weighted by Crippen LogP contribution is 2.15. The first kappa shape index (κ1) is 17.3. The molecule has 0 radical (unpaired) electrons. The standard InChI is InChI=1S/C18H25N3O2/c1-14(2)13-20-8-10-21(11-9-20)18(22)15(3)23-17-6-4-16(12-19)5-7-17/h4-7,14-15H,8-11,13H2,1-3H3. The fourth-order valence-corrected chi connectivity index (χ4v) is 2.79. The molecule has 1 atom stereocenters. The van der Waals surface area contributed by atoms with E-state index in [1.165, 1.54) is 0 Å². The second kappa shape index (κ2) is 7.98. The van der Waals surface area contributed by atoms with Crippen LogP contribution in [0, 0.1) is 17.2 Å². The molecule has 1 aliphatic rings. The molecule has 1 unspecified atom stereocenters. The number of nitriles is 1. The Hall–Kier alpha value is -2.06. The van der Waals surface area contributed by atoms with Crippen LogP contribution in [0.15, 0.2) is 24.3 Å². The quantitative estimate of drug-likeness (QED) is 0.835. The van der Waals surface area contributed by atoms with Gasteiger partial charge in [-0.25, -0.2) is 0 Å². The van der Waals surface area contributed by atoms with Gasteiger partial charge < -0.3 is 9.64 Å². The molecule has 124 valence electrons. The summed E-state index contributed by atoms with van der Waals surface area (Å²) in [5, 5.41) is 8.79. The molecule has 1 aliphatic heterocycles. The van der Waals surface area contributed by atoms with Crippen LogP contribution >= 0.6 is 0 Å². The molecule has 2 rings (SSSR count). The number of carbonyl (C=O) groups is 1. The fourth-order valence-electron chi connectivity index (χ4n) is 2.79. The third-order valence-electron chi connectivity index (χ3n) is 3.95. The molecule has 5 nitrogen and oxygen atoms in total. The van der Waals surface area contributed by atoms with E-state index in [9.17, 15) is 4.79 Å². The summed E-state index contributed by atoms with van der Waals surface area (Å²) in [4.78, 5) is 16.8. The van der Waals surface area contributed by atoms with E-state index in [0.29, 0.717) is 17.2 Å². The first-order valence-electron chi connectivity index (χ1n) is 8.17. The van der Waals surface area contributed by atoms with Crippen LogP contribution in [0.25, 0.3) is 0 Å². The van der Waals surface area contributed by atoms with E-state index in [1.807, 2.05) is 4.90 Å². The monoisotopic (exact) mass is 315 g/mol. The largest absolute Gasteiger partial charge is 0.481 e. The highest BCUT2D eigenvalue weighted by molar-refractivity contribution is 5.81. The third-order valence-corrected chi connectivity index (χ3v) is 3.95. The van der Waals surface area contributed by atoms with Gasteiger partial charge in [-0.05, 0) is 37.1 Å². The summed E-state index contributed by atoms with van der Waals surface area (Å²) in [6.07, 6.45) is -0.514. The lowest BCUT2D eigenvalue weighted by Gasteiger charge is -2.36. The zero-order chi connectivity index (χ0) is 16.8. The smallest absolute Gasteiger partial charge is 0.263 e. The third kappa shape index (κ3) is 4.97. The van der Waals surface area contributed by atoms with E-state index in [2.05, 4.69) is 24.8 Å².